The molecule has 0 N–H and O–H groups in total. The van der Waals surface area contributed by atoms with E-state index in [1.807, 2.05) is 0 Å². The highest BCUT2D eigenvalue weighted by molar-refractivity contribution is 6.33. The standard InChI is InChI=1S/C8H7ClN4O2/c1-15-5(14)2-13-4-12-8-6(13)7(9)10-3-11-8/h3-4H,2H2,1H3. The number of imidazole rings is 1. The lowest BCUT2D eigenvalue weighted by atomic mass is 10.5. The van der Waals surface area contributed by atoms with E-state index in [0.29, 0.717) is 11.2 Å². The van der Waals surface area contributed by atoms with Crippen molar-refractivity contribution in [2.75, 3.05) is 7.11 Å². The molecule has 0 radical (unpaired) electrons. The Balaban J connectivity index is 2.48. The third-order valence-electron chi connectivity index (χ3n) is 1.89. The normalized spacial score (nSPS) is 10.5. The molecular formula is C8H7ClN4O2. The van der Waals surface area contributed by atoms with Crippen molar-refractivity contribution in [3.05, 3.63) is 17.8 Å². The molecule has 15 heavy (non-hydrogen) atoms. The maximum absolute atomic E-state index is 11.1. The van der Waals surface area contributed by atoms with Crippen LogP contribution in [0, 0.1) is 0 Å². The summed E-state index contributed by atoms with van der Waals surface area (Å²) in [5.74, 6) is -0.380. The van der Waals surface area contributed by atoms with Gasteiger partial charge in [0.2, 0.25) is 0 Å². The van der Waals surface area contributed by atoms with E-state index in [0.717, 1.165) is 0 Å². The Hall–Kier alpha value is -1.69. The van der Waals surface area contributed by atoms with E-state index >= 15 is 0 Å². The predicted octanol–water partition coefficient (Wildman–Crippen LogP) is 0.653. The van der Waals surface area contributed by atoms with E-state index in [9.17, 15) is 4.79 Å². The Morgan fingerprint density at radius 1 is 1.53 bits per heavy atom. The van der Waals surface area contributed by atoms with Crippen LogP contribution in [0.3, 0.4) is 0 Å². The molecule has 7 heteroatoms. The van der Waals surface area contributed by atoms with Gasteiger partial charge in [-0.15, -0.1) is 0 Å². The van der Waals surface area contributed by atoms with Crippen LogP contribution in [-0.4, -0.2) is 32.6 Å². The molecule has 0 unspecified atom stereocenters. The first kappa shape index (κ1) is 9.85. The minimum Gasteiger partial charge on any atom is -0.468 e. The fourth-order valence-electron chi connectivity index (χ4n) is 1.20. The van der Waals surface area contributed by atoms with Crippen molar-refractivity contribution < 1.29 is 9.53 Å². The summed E-state index contributed by atoms with van der Waals surface area (Å²) in [6.07, 6.45) is 2.79. The van der Waals surface area contributed by atoms with Crippen molar-refractivity contribution in [3.8, 4) is 0 Å². The second-order valence-electron chi connectivity index (χ2n) is 2.79. The highest BCUT2D eigenvalue weighted by Crippen LogP contribution is 2.17. The Bertz CT molecular complexity index is 510. The number of aromatic nitrogens is 4. The molecule has 0 saturated carbocycles. The summed E-state index contributed by atoms with van der Waals surface area (Å²) in [5, 5.41) is 0.265. The van der Waals surface area contributed by atoms with E-state index in [1.165, 1.54) is 19.8 Å². The number of methoxy groups -OCH3 is 1. The zero-order valence-corrected chi connectivity index (χ0v) is 8.60. The second-order valence-corrected chi connectivity index (χ2v) is 3.14. The number of carbonyl (C=O) groups is 1. The van der Waals surface area contributed by atoms with Crippen LogP contribution in [0.4, 0.5) is 0 Å². The van der Waals surface area contributed by atoms with E-state index in [-0.39, 0.29) is 17.7 Å². The van der Waals surface area contributed by atoms with Crippen LogP contribution in [0.2, 0.25) is 5.15 Å². The van der Waals surface area contributed by atoms with Gasteiger partial charge in [-0.2, -0.15) is 0 Å². The van der Waals surface area contributed by atoms with Gasteiger partial charge in [0.05, 0.1) is 13.4 Å². The van der Waals surface area contributed by atoms with Gasteiger partial charge in [0.25, 0.3) is 0 Å². The van der Waals surface area contributed by atoms with Crippen molar-refractivity contribution in [2.24, 2.45) is 0 Å². The summed E-state index contributed by atoms with van der Waals surface area (Å²) in [7, 11) is 1.32. The van der Waals surface area contributed by atoms with Gasteiger partial charge in [0.1, 0.15) is 18.4 Å². The summed E-state index contributed by atoms with van der Waals surface area (Å²) in [4.78, 5) is 22.8. The average molecular weight is 227 g/mol. The van der Waals surface area contributed by atoms with Crippen LogP contribution in [0.5, 0.6) is 0 Å². The van der Waals surface area contributed by atoms with Crippen molar-refractivity contribution in [1.82, 2.24) is 19.5 Å². The SMILES string of the molecule is COC(=O)Cn1cnc2ncnc(Cl)c21. The van der Waals surface area contributed by atoms with Gasteiger partial charge < -0.3 is 9.30 Å². The quantitative estimate of drug-likeness (QED) is 0.556. The first-order chi connectivity index (χ1) is 7.22. The largest absolute Gasteiger partial charge is 0.468 e. The number of carbonyl (C=O) groups excluding carboxylic acids is 1. The third kappa shape index (κ3) is 1.75. The summed E-state index contributed by atoms with van der Waals surface area (Å²) in [6, 6.07) is 0. The van der Waals surface area contributed by atoms with Crippen LogP contribution in [0.25, 0.3) is 11.2 Å². The first-order valence-electron chi connectivity index (χ1n) is 4.10. The maximum atomic E-state index is 11.1. The molecule has 0 aromatic carbocycles. The topological polar surface area (TPSA) is 69.9 Å². The van der Waals surface area contributed by atoms with E-state index in [2.05, 4.69) is 19.7 Å². The molecule has 0 fully saturated rings. The van der Waals surface area contributed by atoms with Gasteiger partial charge in [-0.05, 0) is 0 Å². The number of ether oxygens (including phenoxy) is 1. The first-order valence-corrected chi connectivity index (χ1v) is 4.48. The molecule has 0 bridgehead atoms. The number of rotatable bonds is 2. The Labute approximate surface area is 89.9 Å². The van der Waals surface area contributed by atoms with Crippen LogP contribution in [0.15, 0.2) is 12.7 Å². The van der Waals surface area contributed by atoms with Crippen LogP contribution in [0.1, 0.15) is 0 Å². The van der Waals surface area contributed by atoms with Crippen molar-refractivity contribution >= 4 is 28.7 Å². The molecule has 2 aromatic heterocycles. The summed E-state index contributed by atoms with van der Waals surface area (Å²) < 4.78 is 6.09. The summed E-state index contributed by atoms with van der Waals surface area (Å²) in [5.41, 5.74) is 0.989. The number of fused-ring (bicyclic) bond motifs is 1. The lowest BCUT2D eigenvalue weighted by molar-refractivity contribution is -0.141. The summed E-state index contributed by atoms with van der Waals surface area (Å²) >= 11 is 5.87. The van der Waals surface area contributed by atoms with Crippen LogP contribution < -0.4 is 0 Å². The maximum Gasteiger partial charge on any atom is 0.325 e. The Kier molecular flexibility index (Phi) is 2.51. The molecule has 0 aliphatic heterocycles. The molecule has 78 valence electrons. The lowest BCUT2D eigenvalue weighted by Gasteiger charge is -2.02. The molecule has 2 rings (SSSR count). The van der Waals surface area contributed by atoms with Crippen LogP contribution in [-0.2, 0) is 16.1 Å². The second kappa shape index (κ2) is 3.82. The fraction of sp³-hybridized carbons (Fsp3) is 0.250. The molecule has 6 nitrogen and oxygen atoms in total. The predicted molar refractivity (Wildman–Crippen MR) is 52.3 cm³/mol. The van der Waals surface area contributed by atoms with Gasteiger partial charge in [0.15, 0.2) is 10.8 Å². The van der Waals surface area contributed by atoms with E-state index < -0.39 is 0 Å². The third-order valence-corrected chi connectivity index (χ3v) is 2.17. The van der Waals surface area contributed by atoms with Crippen molar-refractivity contribution in [1.29, 1.82) is 0 Å². The highest BCUT2D eigenvalue weighted by Gasteiger charge is 2.11. The smallest absolute Gasteiger partial charge is 0.325 e. The molecule has 0 aliphatic rings. The number of nitrogens with zero attached hydrogens (tertiary/aromatic N) is 4. The lowest BCUT2D eigenvalue weighted by Crippen LogP contribution is -2.10. The summed E-state index contributed by atoms with van der Waals surface area (Å²) in [6.45, 7) is 0.0418. The molecule has 2 heterocycles. The Morgan fingerprint density at radius 2 is 2.33 bits per heavy atom. The minimum atomic E-state index is -0.380. The zero-order valence-electron chi connectivity index (χ0n) is 7.85. The van der Waals surface area contributed by atoms with Crippen molar-refractivity contribution in [2.45, 2.75) is 6.54 Å². The number of hydrogen-bond acceptors (Lipinski definition) is 5. The molecule has 0 spiro atoms. The number of hydrogen-bond donors (Lipinski definition) is 0. The van der Waals surface area contributed by atoms with Gasteiger partial charge >= 0.3 is 5.97 Å². The number of esters is 1. The van der Waals surface area contributed by atoms with E-state index in [1.54, 1.807) is 4.57 Å². The number of halogens is 1. The van der Waals surface area contributed by atoms with Crippen LogP contribution >= 0.6 is 11.6 Å². The van der Waals surface area contributed by atoms with Crippen molar-refractivity contribution in [3.63, 3.8) is 0 Å². The molecule has 0 aliphatic carbocycles. The van der Waals surface area contributed by atoms with Gasteiger partial charge in [-0.1, -0.05) is 11.6 Å². The van der Waals surface area contributed by atoms with Gasteiger partial charge in [0, 0.05) is 0 Å². The van der Waals surface area contributed by atoms with E-state index in [4.69, 9.17) is 11.6 Å². The zero-order chi connectivity index (χ0) is 10.8. The highest BCUT2D eigenvalue weighted by atomic mass is 35.5. The molecular weight excluding hydrogens is 220 g/mol. The monoisotopic (exact) mass is 226 g/mol. The molecule has 0 saturated heterocycles. The molecule has 0 atom stereocenters. The average Bonchev–Trinajstić information content (AvgIpc) is 2.63. The van der Waals surface area contributed by atoms with Gasteiger partial charge in [-0.3, -0.25) is 4.79 Å². The van der Waals surface area contributed by atoms with Gasteiger partial charge in [-0.25, -0.2) is 15.0 Å². The molecule has 2 aromatic rings. The molecule has 0 amide bonds. The fourth-order valence-corrected chi connectivity index (χ4v) is 1.43. The minimum absolute atomic E-state index is 0.0418. The Morgan fingerprint density at radius 3 is 3.07 bits per heavy atom.